The van der Waals surface area contributed by atoms with Gasteiger partial charge in [-0.3, -0.25) is 9.78 Å². The monoisotopic (exact) mass is 219 g/mol. The summed E-state index contributed by atoms with van der Waals surface area (Å²) in [5.41, 5.74) is 1.46. The topological polar surface area (TPSA) is 58.6 Å². The molecular formula is C10H9N3OS. The number of nitrogens with one attached hydrogen (secondary N) is 1. The quantitative estimate of drug-likeness (QED) is 0.615. The highest BCUT2D eigenvalue weighted by atomic mass is 32.2. The maximum atomic E-state index is 11.3. The number of hydrogen-bond donors (Lipinski definition) is 1. The van der Waals surface area contributed by atoms with E-state index in [4.69, 9.17) is 0 Å². The van der Waals surface area contributed by atoms with Crippen LogP contribution >= 0.6 is 11.8 Å². The molecule has 1 N–H and O–H groups in total. The van der Waals surface area contributed by atoms with Crippen molar-refractivity contribution in [3.8, 4) is 11.3 Å². The minimum Gasteiger partial charge on any atom is -0.334 e. The van der Waals surface area contributed by atoms with Crippen LogP contribution in [0.25, 0.3) is 11.3 Å². The van der Waals surface area contributed by atoms with Crippen LogP contribution in [0.5, 0.6) is 0 Å². The van der Waals surface area contributed by atoms with Gasteiger partial charge in [0.2, 0.25) is 0 Å². The standard InChI is InChI=1S/C10H9N3OS/c1-15-10-12-8(6-9(14)13-10)7-2-4-11-5-3-7/h2-6H,1H3,(H,12,13,14). The number of aromatic amines is 1. The molecule has 0 aromatic carbocycles. The second kappa shape index (κ2) is 4.27. The van der Waals surface area contributed by atoms with Crippen molar-refractivity contribution >= 4 is 11.8 Å². The van der Waals surface area contributed by atoms with Crippen molar-refractivity contribution in [2.24, 2.45) is 0 Å². The van der Waals surface area contributed by atoms with E-state index in [-0.39, 0.29) is 5.56 Å². The van der Waals surface area contributed by atoms with Gasteiger partial charge in [-0.1, -0.05) is 11.8 Å². The molecule has 2 aromatic rings. The van der Waals surface area contributed by atoms with Crippen LogP contribution in [0.3, 0.4) is 0 Å². The fourth-order valence-corrected chi connectivity index (χ4v) is 1.61. The van der Waals surface area contributed by atoms with E-state index in [0.717, 1.165) is 11.3 Å². The van der Waals surface area contributed by atoms with Crippen molar-refractivity contribution in [3.63, 3.8) is 0 Å². The molecule has 2 rings (SSSR count). The molecule has 76 valence electrons. The maximum Gasteiger partial charge on any atom is 0.274 e. The number of thioether (sulfide) groups is 1. The lowest BCUT2D eigenvalue weighted by Crippen LogP contribution is -2.07. The van der Waals surface area contributed by atoms with E-state index in [2.05, 4.69) is 15.0 Å². The molecule has 15 heavy (non-hydrogen) atoms. The Labute approximate surface area is 90.8 Å². The van der Waals surface area contributed by atoms with Gasteiger partial charge in [0.05, 0.1) is 5.69 Å². The molecular weight excluding hydrogens is 210 g/mol. The zero-order chi connectivity index (χ0) is 10.7. The Morgan fingerprint density at radius 2 is 2.07 bits per heavy atom. The lowest BCUT2D eigenvalue weighted by molar-refractivity contribution is 0.945. The first-order valence-electron chi connectivity index (χ1n) is 4.35. The molecule has 0 radical (unpaired) electrons. The third-order valence-electron chi connectivity index (χ3n) is 1.91. The third-order valence-corrected chi connectivity index (χ3v) is 2.49. The van der Waals surface area contributed by atoms with Crippen LogP contribution < -0.4 is 5.56 Å². The summed E-state index contributed by atoms with van der Waals surface area (Å²) in [6.45, 7) is 0. The second-order valence-electron chi connectivity index (χ2n) is 2.88. The molecule has 4 nitrogen and oxygen atoms in total. The molecule has 0 aliphatic heterocycles. The zero-order valence-electron chi connectivity index (χ0n) is 8.10. The van der Waals surface area contributed by atoms with Gasteiger partial charge in [-0.2, -0.15) is 4.98 Å². The van der Waals surface area contributed by atoms with Crippen LogP contribution in [0.1, 0.15) is 0 Å². The number of nitrogens with zero attached hydrogens (tertiary/aromatic N) is 2. The smallest absolute Gasteiger partial charge is 0.274 e. The first kappa shape index (κ1) is 9.92. The summed E-state index contributed by atoms with van der Waals surface area (Å²) in [4.78, 5) is 22.1. The number of aromatic nitrogens is 3. The highest BCUT2D eigenvalue weighted by Gasteiger charge is 2.01. The summed E-state index contributed by atoms with van der Waals surface area (Å²) in [5.74, 6) is 0. The first-order valence-corrected chi connectivity index (χ1v) is 5.58. The summed E-state index contributed by atoms with van der Waals surface area (Å²) in [7, 11) is 0. The molecule has 0 saturated carbocycles. The van der Waals surface area contributed by atoms with E-state index in [0.29, 0.717) is 5.16 Å². The molecule has 0 spiro atoms. The molecule has 2 heterocycles. The van der Waals surface area contributed by atoms with Crippen molar-refractivity contribution < 1.29 is 0 Å². The Morgan fingerprint density at radius 3 is 2.73 bits per heavy atom. The van der Waals surface area contributed by atoms with Crippen molar-refractivity contribution in [2.45, 2.75) is 5.16 Å². The van der Waals surface area contributed by atoms with E-state index in [1.165, 1.54) is 17.8 Å². The Kier molecular flexibility index (Phi) is 2.82. The summed E-state index contributed by atoms with van der Waals surface area (Å²) in [5, 5.41) is 0.620. The molecule has 5 heteroatoms. The van der Waals surface area contributed by atoms with Crippen molar-refractivity contribution in [2.75, 3.05) is 6.26 Å². The van der Waals surface area contributed by atoms with Crippen LogP contribution in [-0.2, 0) is 0 Å². The highest BCUT2D eigenvalue weighted by molar-refractivity contribution is 7.98. The molecule has 0 amide bonds. The van der Waals surface area contributed by atoms with Gasteiger partial charge in [0.15, 0.2) is 5.16 Å². The van der Waals surface area contributed by atoms with Gasteiger partial charge in [-0.25, -0.2) is 0 Å². The average Bonchev–Trinajstić information content (AvgIpc) is 2.29. The maximum absolute atomic E-state index is 11.3. The minimum absolute atomic E-state index is 0.232. The van der Waals surface area contributed by atoms with Crippen molar-refractivity contribution in [1.82, 2.24) is 15.0 Å². The van der Waals surface area contributed by atoms with Gasteiger partial charge >= 0.3 is 0 Å². The van der Waals surface area contributed by atoms with Gasteiger partial charge in [0, 0.05) is 24.0 Å². The van der Waals surface area contributed by atoms with Gasteiger partial charge in [0.1, 0.15) is 0 Å². The van der Waals surface area contributed by atoms with Crippen LogP contribution in [0.2, 0.25) is 0 Å². The summed E-state index contributed by atoms with van der Waals surface area (Å²) >= 11 is 1.41. The SMILES string of the molecule is CSc1nc(=O)cc(-c2ccncc2)[nH]1. The Bertz CT molecular complexity index is 510. The normalized spacial score (nSPS) is 10.2. The molecule has 0 saturated heterocycles. The second-order valence-corrected chi connectivity index (χ2v) is 3.67. The number of pyridine rings is 1. The largest absolute Gasteiger partial charge is 0.334 e. The minimum atomic E-state index is -0.232. The lowest BCUT2D eigenvalue weighted by Gasteiger charge is -2.02. The van der Waals surface area contributed by atoms with E-state index in [1.807, 2.05) is 18.4 Å². The summed E-state index contributed by atoms with van der Waals surface area (Å²) in [6, 6.07) is 5.17. The van der Waals surface area contributed by atoms with E-state index in [9.17, 15) is 4.79 Å². The predicted molar refractivity (Wildman–Crippen MR) is 59.9 cm³/mol. The fraction of sp³-hybridized carbons (Fsp3) is 0.100. The Morgan fingerprint density at radius 1 is 1.33 bits per heavy atom. The van der Waals surface area contributed by atoms with E-state index < -0.39 is 0 Å². The highest BCUT2D eigenvalue weighted by Crippen LogP contribution is 2.15. The van der Waals surface area contributed by atoms with Gasteiger partial charge < -0.3 is 4.98 Å². The van der Waals surface area contributed by atoms with E-state index in [1.54, 1.807) is 12.4 Å². The number of rotatable bonds is 2. The number of hydrogen-bond acceptors (Lipinski definition) is 4. The van der Waals surface area contributed by atoms with Crippen molar-refractivity contribution in [1.29, 1.82) is 0 Å². The molecule has 0 aliphatic carbocycles. The molecule has 0 atom stereocenters. The first-order chi connectivity index (χ1) is 7.29. The molecule has 2 aromatic heterocycles. The zero-order valence-corrected chi connectivity index (χ0v) is 8.91. The molecule has 0 bridgehead atoms. The van der Waals surface area contributed by atoms with Crippen LogP contribution in [0.4, 0.5) is 0 Å². The molecule has 0 unspecified atom stereocenters. The molecule has 0 fully saturated rings. The summed E-state index contributed by atoms with van der Waals surface area (Å²) in [6.07, 6.45) is 5.24. The van der Waals surface area contributed by atoms with Gasteiger partial charge in [-0.05, 0) is 18.4 Å². The Hall–Kier alpha value is -1.62. The van der Waals surface area contributed by atoms with E-state index >= 15 is 0 Å². The fourth-order valence-electron chi connectivity index (χ4n) is 1.22. The number of H-pyrrole nitrogens is 1. The third kappa shape index (κ3) is 2.24. The molecule has 0 aliphatic rings. The predicted octanol–water partition coefficient (Wildman–Crippen LogP) is 1.55. The van der Waals surface area contributed by atoms with Gasteiger partial charge in [0.25, 0.3) is 5.56 Å². The summed E-state index contributed by atoms with van der Waals surface area (Å²) < 4.78 is 0. The Balaban J connectivity index is 2.54. The lowest BCUT2D eigenvalue weighted by atomic mass is 10.2. The van der Waals surface area contributed by atoms with Crippen molar-refractivity contribution in [3.05, 3.63) is 40.9 Å². The average molecular weight is 219 g/mol. The van der Waals surface area contributed by atoms with Crippen LogP contribution in [0, 0.1) is 0 Å². The van der Waals surface area contributed by atoms with Crippen LogP contribution in [-0.4, -0.2) is 21.2 Å². The van der Waals surface area contributed by atoms with Gasteiger partial charge in [-0.15, -0.1) is 0 Å². The van der Waals surface area contributed by atoms with Crippen LogP contribution in [0.15, 0.2) is 40.5 Å².